The van der Waals surface area contributed by atoms with E-state index < -0.39 is 0 Å². The summed E-state index contributed by atoms with van der Waals surface area (Å²) in [4.78, 5) is 0. The van der Waals surface area contributed by atoms with Crippen molar-refractivity contribution in [1.29, 1.82) is 0 Å². The monoisotopic (exact) mass is 511 g/mol. The van der Waals surface area contributed by atoms with E-state index in [4.69, 9.17) is 0 Å². The Morgan fingerprint density at radius 2 is 0.629 bits per heavy atom. The summed E-state index contributed by atoms with van der Waals surface area (Å²) in [5.74, 6) is 0. The summed E-state index contributed by atoms with van der Waals surface area (Å²) >= 11 is 0. The van der Waals surface area contributed by atoms with E-state index >= 15 is 0 Å². The van der Waals surface area contributed by atoms with Gasteiger partial charge in [0.1, 0.15) is 0 Å². The molecule has 0 amide bonds. The third kappa shape index (κ3) is 41.6. The molecule has 0 aliphatic heterocycles. The summed E-state index contributed by atoms with van der Waals surface area (Å²) in [6.07, 6.45) is 44.0. The molecule has 212 valence electrons. The van der Waals surface area contributed by atoms with Gasteiger partial charge in [-0.25, -0.2) is 0 Å². The van der Waals surface area contributed by atoms with Crippen LogP contribution in [-0.2, 0) is 0 Å². The Morgan fingerprint density at radius 3 is 0.914 bits per heavy atom. The first-order valence-corrected chi connectivity index (χ1v) is 18.1. The molecule has 1 heteroatoms. The van der Waals surface area contributed by atoms with Crippen LogP contribution in [0.2, 0.25) is 0 Å². The molecule has 0 heterocycles. The van der Waals surface area contributed by atoms with Gasteiger partial charge in [0.05, 0.1) is 0 Å². The SMILES string of the molecule is C=CCCCCCCCCCCCCCCCC.CCCCCCCCPCCCCCCCC. The van der Waals surface area contributed by atoms with Crippen molar-refractivity contribution in [3.8, 4) is 0 Å². The molecule has 0 rings (SSSR count). The van der Waals surface area contributed by atoms with Gasteiger partial charge in [0.15, 0.2) is 0 Å². The summed E-state index contributed by atoms with van der Waals surface area (Å²) < 4.78 is 0. The Labute approximate surface area is 227 Å². The molecule has 0 aromatic rings. The highest BCUT2D eigenvalue weighted by molar-refractivity contribution is 7.37. The van der Waals surface area contributed by atoms with E-state index in [9.17, 15) is 0 Å². The summed E-state index contributed by atoms with van der Waals surface area (Å²) in [5.41, 5.74) is 0. The second kappa shape index (κ2) is 38.7. The molecule has 0 N–H and O–H groups in total. The molecule has 0 spiro atoms. The van der Waals surface area contributed by atoms with E-state index in [1.807, 2.05) is 6.08 Å². The van der Waals surface area contributed by atoms with Crippen LogP contribution in [0.4, 0.5) is 0 Å². The smallest absolute Gasteiger partial charge is 0.0353 e. The van der Waals surface area contributed by atoms with Gasteiger partial charge in [-0.1, -0.05) is 175 Å². The standard InChI is InChI=1S/C18H36.C16H35P/c1-3-5-7-9-11-13-15-17-18-16-14-12-10-8-6-4-2;1-3-5-7-9-11-13-15-17-16-14-12-10-8-6-4-2/h3H,1,4-18H2,2H3;17H,3-16H2,1-2H3. The summed E-state index contributed by atoms with van der Waals surface area (Å²) in [6.45, 7) is 10.6. The lowest BCUT2D eigenvalue weighted by atomic mass is 10.0. The third-order valence-corrected chi connectivity index (χ3v) is 8.59. The zero-order valence-corrected chi connectivity index (χ0v) is 26.3. The van der Waals surface area contributed by atoms with Crippen molar-refractivity contribution in [2.75, 3.05) is 12.3 Å². The molecule has 0 bridgehead atoms. The molecule has 0 nitrogen and oxygen atoms in total. The van der Waals surface area contributed by atoms with Gasteiger partial charge in [-0.3, -0.25) is 0 Å². The van der Waals surface area contributed by atoms with Crippen LogP contribution >= 0.6 is 8.58 Å². The van der Waals surface area contributed by atoms with E-state index in [-0.39, 0.29) is 0 Å². The molecule has 0 saturated heterocycles. The molecule has 35 heavy (non-hydrogen) atoms. The molecule has 0 saturated carbocycles. The lowest BCUT2D eigenvalue weighted by Crippen LogP contribution is -1.84. The van der Waals surface area contributed by atoms with Gasteiger partial charge in [-0.2, -0.15) is 0 Å². The minimum atomic E-state index is 1.21. The molecule has 0 atom stereocenters. The first-order valence-electron chi connectivity index (χ1n) is 16.6. The Kier molecular flexibility index (Phi) is 41.3. The van der Waals surface area contributed by atoms with Gasteiger partial charge in [0.2, 0.25) is 0 Å². The van der Waals surface area contributed by atoms with Gasteiger partial charge < -0.3 is 0 Å². The van der Waals surface area contributed by atoms with Gasteiger partial charge in [-0.05, 0) is 38.0 Å². The minimum absolute atomic E-state index is 1.21. The minimum Gasteiger partial charge on any atom is -0.122 e. The molecule has 0 aliphatic rings. The molecule has 0 fully saturated rings. The number of unbranched alkanes of at least 4 members (excludes halogenated alkanes) is 24. The number of rotatable bonds is 29. The Hall–Kier alpha value is 0.170. The van der Waals surface area contributed by atoms with Crippen LogP contribution in [0.5, 0.6) is 0 Å². The van der Waals surface area contributed by atoms with Crippen LogP contribution in [0, 0.1) is 0 Å². The highest BCUT2D eigenvalue weighted by Crippen LogP contribution is 2.18. The lowest BCUT2D eigenvalue weighted by Gasteiger charge is -2.03. The van der Waals surface area contributed by atoms with Crippen molar-refractivity contribution in [2.45, 2.75) is 194 Å². The highest BCUT2D eigenvalue weighted by Gasteiger charge is 1.94. The molecular weight excluding hydrogens is 439 g/mol. The van der Waals surface area contributed by atoms with Gasteiger partial charge in [-0.15, -0.1) is 15.2 Å². The van der Waals surface area contributed by atoms with Crippen LogP contribution < -0.4 is 0 Å². The van der Waals surface area contributed by atoms with Gasteiger partial charge in [0, 0.05) is 0 Å². The Bertz CT molecular complexity index is 323. The quantitative estimate of drug-likeness (QED) is 0.0533. The van der Waals surface area contributed by atoms with Crippen molar-refractivity contribution in [3.63, 3.8) is 0 Å². The molecule has 0 radical (unpaired) electrons. The first-order chi connectivity index (χ1) is 17.3. The third-order valence-electron chi connectivity index (χ3n) is 7.18. The first kappa shape index (κ1) is 37.3. The van der Waals surface area contributed by atoms with Crippen LogP contribution in [0.3, 0.4) is 0 Å². The van der Waals surface area contributed by atoms with Crippen LogP contribution in [-0.4, -0.2) is 12.3 Å². The Balaban J connectivity index is 0. The van der Waals surface area contributed by atoms with E-state index in [2.05, 4.69) is 27.4 Å². The van der Waals surface area contributed by atoms with Crippen molar-refractivity contribution in [2.24, 2.45) is 0 Å². The summed E-state index contributed by atoms with van der Waals surface area (Å²) in [6, 6.07) is 0. The van der Waals surface area contributed by atoms with Crippen molar-refractivity contribution >= 4 is 8.58 Å². The van der Waals surface area contributed by atoms with E-state index in [0.717, 1.165) is 0 Å². The van der Waals surface area contributed by atoms with E-state index in [1.165, 1.54) is 194 Å². The Morgan fingerprint density at radius 1 is 0.371 bits per heavy atom. The van der Waals surface area contributed by atoms with Crippen molar-refractivity contribution in [1.82, 2.24) is 0 Å². The normalized spacial score (nSPS) is 10.8. The maximum Gasteiger partial charge on any atom is -0.0353 e. The van der Waals surface area contributed by atoms with Crippen molar-refractivity contribution < 1.29 is 0 Å². The number of allylic oxidation sites excluding steroid dienone is 1. The molecule has 0 aliphatic carbocycles. The predicted octanol–water partition coefficient (Wildman–Crippen LogP) is 13.4. The summed E-state index contributed by atoms with van der Waals surface area (Å²) in [7, 11) is 1.26. The maximum atomic E-state index is 3.76. The topological polar surface area (TPSA) is 0 Å². The molecule has 0 aromatic heterocycles. The van der Waals surface area contributed by atoms with Crippen molar-refractivity contribution in [3.05, 3.63) is 12.7 Å². The average molecular weight is 511 g/mol. The van der Waals surface area contributed by atoms with Crippen LogP contribution in [0.1, 0.15) is 194 Å². The molecule has 0 unspecified atom stereocenters. The predicted molar refractivity (Wildman–Crippen MR) is 170 cm³/mol. The zero-order chi connectivity index (χ0) is 25.9. The number of hydrogen-bond donors (Lipinski definition) is 0. The molecule has 0 aromatic carbocycles. The summed E-state index contributed by atoms with van der Waals surface area (Å²) in [5, 5.41) is 0. The van der Waals surface area contributed by atoms with Gasteiger partial charge in [0.25, 0.3) is 0 Å². The highest BCUT2D eigenvalue weighted by atomic mass is 31.1. The van der Waals surface area contributed by atoms with Crippen LogP contribution in [0.15, 0.2) is 12.7 Å². The molecular formula is C34H71P. The second-order valence-corrected chi connectivity index (χ2v) is 12.5. The van der Waals surface area contributed by atoms with Crippen LogP contribution in [0.25, 0.3) is 0 Å². The fourth-order valence-electron chi connectivity index (χ4n) is 4.67. The fraction of sp³-hybridized carbons (Fsp3) is 0.941. The average Bonchev–Trinajstić information content (AvgIpc) is 2.87. The largest absolute Gasteiger partial charge is 0.122 e. The van der Waals surface area contributed by atoms with E-state index in [0.29, 0.717) is 0 Å². The second-order valence-electron chi connectivity index (χ2n) is 11.0. The lowest BCUT2D eigenvalue weighted by molar-refractivity contribution is 0.536. The number of hydrogen-bond acceptors (Lipinski definition) is 0. The maximum absolute atomic E-state index is 3.76. The zero-order valence-electron chi connectivity index (χ0n) is 25.3. The van der Waals surface area contributed by atoms with E-state index in [1.54, 1.807) is 0 Å². The fourth-order valence-corrected chi connectivity index (χ4v) is 5.92. The van der Waals surface area contributed by atoms with Gasteiger partial charge >= 0.3 is 0 Å².